The van der Waals surface area contributed by atoms with Crippen molar-refractivity contribution < 1.29 is 13.9 Å². The molecular weight excluding hydrogens is 235 g/mol. The van der Waals surface area contributed by atoms with Crippen LogP contribution in [0.4, 0.5) is 4.39 Å². The second-order valence-electron chi connectivity index (χ2n) is 3.74. The minimum atomic E-state index is -0.387. The standard InChI is InChI=1S/C13H17FN2O2/c1-17-4-5-18-3-2-16-10-12-6-11(9-15)7-13(14)8-12/h6-8,16H,2-5,10H2,1H3. The Hall–Kier alpha value is -1.48. The summed E-state index contributed by atoms with van der Waals surface area (Å²) in [5.74, 6) is -0.387. The van der Waals surface area contributed by atoms with E-state index < -0.39 is 0 Å². The molecule has 0 radical (unpaired) electrons. The van der Waals surface area contributed by atoms with Gasteiger partial charge in [-0.3, -0.25) is 0 Å². The number of rotatable bonds is 8. The van der Waals surface area contributed by atoms with Crippen molar-refractivity contribution in [1.82, 2.24) is 5.32 Å². The summed E-state index contributed by atoms with van der Waals surface area (Å²) < 4.78 is 23.2. The van der Waals surface area contributed by atoms with Gasteiger partial charge >= 0.3 is 0 Å². The SMILES string of the molecule is COCCOCCNCc1cc(F)cc(C#N)c1. The molecule has 1 N–H and O–H groups in total. The zero-order valence-electron chi connectivity index (χ0n) is 10.4. The van der Waals surface area contributed by atoms with E-state index in [4.69, 9.17) is 14.7 Å². The van der Waals surface area contributed by atoms with Crippen molar-refractivity contribution in [3.63, 3.8) is 0 Å². The molecule has 0 heterocycles. The monoisotopic (exact) mass is 252 g/mol. The first-order valence-electron chi connectivity index (χ1n) is 5.73. The van der Waals surface area contributed by atoms with E-state index in [1.807, 2.05) is 6.07 Å². The highest BCUT2D eigenvalue weighted by atomic mass is 19.1. The molecule has 98 valence electrons. The smallest absolute Gasteiger partial charge is 0.124 e. The van der Waals surface area contributed by atoms with Gasteiger partial charge in [-0.1, -0.05) is 0 Å². The Kier molecular flexibility index (Phi) is 6.96. The van der Waals surface area contributed by atoms with E-state index in [1.165, 1.54) is 12.1 Å². The Morgan fingerprint density at radius 1 is 1.28 bits per heavy atom. The van der Waals surface area contributed by atoms with E-state index in [1.54, 1.807) is 13.2 Å². The van der Waals surface area contributed by atoms with Crippen LogP contribution in [0.15, 0.2) is 18.2 Å². The molecule has 4 nitrogen and oxygen atoms in total. The highest BCUT2D eigenvalue weighted by Gasteiger charge is 2.00. The number of halogens is 1. The molecule has 0 aliphatic rings. The molecule has 1 rings (SSSR count). The molecular formula is C13H17FN2O2. The van der Waals surface area contributed by atoms with Gasteiger partial charge in [-0.2, -0.15) is 5.26 Å². The molecule has 0 saturated heterocycles. The van der Waals surface area contributed by atoms with Crippen LogP contribution in [-0.4, -0.2) is 33.5 Å². The molecule has 1 aromatic rings. The van der Waals surface area contributed by atoms with Crippen LogP contribution in [0.25, 0.3) is 0 Å². The maximum Gasteiger partial charge on any atom is 0.124 e. The summed E-state index contributed by atoms with van der Waals surface area (Å²) in [6, 6.07) is 6.23. The van der Waals surface area contributed by atoms with Crippen LogP contribution in [0.1, 0.15) is 11.1 Å². The predicted molar refractivity (Wildman–Crippen MR) is 65.5 cm³/mol. The Labute approximate surface area is 106 Å². The van der Waals surface area contributed by atoms with E-state index >= 15 is 0 Å². The number of nitrogens with zero attached hydrogens (tertiary/aromatic N) is 1. The number of nitrogens with one attached hydrogen (secondary N) is 1. The molecule has 0 saturated carbocycles. The Balaban J connectivity index is 2.23. The molecule has 0 amide bonds. The summed E-state index contributed by atoms with van der Waals surface area (Å²) in [6.07, 6.45) is 0. The predicted octanol–water partition coefficient (Wildman–Crippen LogP) is 1.45. The highest BCUT2D eigenvalue weighted by molar-refractivity contribution is 5.33. The van der Waals surface area contributed by atoms with Gasteiger partial charge in [0.25, 0.3) is 0 Å². The molecule has 0 aliphatic carbocycles. The van der Waals surface area contributed by atoms with Crippen LogP contribution in [-0.2, 0) is 16.0 Å². The summed E-state index contributed by atoms with van der Waals surface area (Å²) in [5.41, 5.74) is 1.09. The van der Waals surface area contributed by atoms with Crippen molar-refractivity contribution in [3.8, 4) is 6.07 Å². The summed E-state index contributed by atoms with van der Waals surface area (Å²) in [6.45, 7) is 2.90. The molecule has 0 aliphatic heterocycles. The number of benzene rings is 1. The van der Waals surface area contributed by atoms with Crippen LogP contribution in [0.2, 0.25) is 0 Å². The summed E-state index contributed by atoms with van der Waals surface area (Å²) >= 11 is 0. The number of hydrogen-bond donors (Lipinski definition) is 1. The van der Waals surface area contributed by atoms with Gasteiger partial charge in [-0.15, -0.1) is 0 Å². The summed E-state index contributed by atoms with van der Waals surface area (Å²) in [7, 11) is 1.62. The minimum absolute atomic E-state index is 0.336. The van der Waals surface area contributed by atoms with Crippen molar-refractivity contribution in [2.45, 2.75) is 6.54 Å². The van der Waals surface area contributed by atoms with E-state index in [2.05, 4.69) is 5.32 Å². The normalized spacial score (nSPS) is 10.3. The molecule has 1 aromatic carbocycles. The second kappa shape index (κ2) is 8.59. The van der Waals surface area contributed by atoms with Crippen LogP contribution >= 0.6 is 0 Å². The van der Waals surface area contributed by atoms with Crippen molar-refractivity contribution in [3.05, 3.63) is 35.1 Å². The molecule has 0 unspecified atom stereocenters. The topological polar surface area (TPSA) is 54.3 Å². The molecule has 0 bridgehead atoms. The van der Waals surface area contributed by atoms with Crippen LogP contribution in [0, 0.1) is 17.1 Å². The lowest BCUT2D eigenvalue weighted by atomic mass is 10.1. The average molecular weight is 252 g/mol. The van der Waals surface area contributed by atoms with Gasteiger partial charge in [0.15, 0.2) is 0 Å². The molecule has 0 atom stereocenters. The number of ether oxygens (including phenoxy) is 2. The molecule has 0 aromatic heterocycles. The van der Waals surface area contributed by atoms with Gasteiger partial charge < -0.3 is 14.8 Å². The fourth-order valence-corrected chi connectivity index (χ4v) is 1.44. The lowest BCUT2D eigenvalue weighted by molar-refractivity contribution is 0.0719. The quantitative estimate of drug-likeness (QED) is 0.711. The fourth-order valence-electron chi connectivity index (χ4n) is 1.44. The minimum Gasteiger partial charge on any atom is -0.382 e. The van der Waals surface area contributed by atoms with E-state index in [-0.39, 0.29) is 5.82 Å². The first-order chi connectivity index (χ1) is 8.76. The lowest BCUT2D eigenvalue weighted by Crippen LogP contribution is -2.20. The molecule has 18 heavy (non-hydrogen) atoms. The summed E-state index contributed by atoms with van der Waals surface area (Å²) in [5, 5.41) is 11.8. The van der Waals surface area contributed by atoms with Crippen molar-refractivity contribution >= 4 is 0 Å². The third-order valence-corrected chi connectivity index (χ3v) is 2.27. The third-order valence-electron chi connectivity index (χ3n) is 2.27. The van der Waals surface area contributed by atoms with E-state index in [9.17, 15) is 4.39 Å². The van der Waals surface area contributed by atoms with Crippen LogP contribution < -0.4 is 5.32 Å². The van der Waals surface area contributed by atoms with E-state index in [0.717, 1.165) is 5.56 Å². The number of methoxy groups -OCH3 is 1. The van der Waals surface area contributed by atoms with Gasteiger partial charge in [0.05, 0.1) is 31.5 Å². The van der Waals surface area contributed by atoms with Gasteiger partial charge in [0, 0.05) is 20.2 Å². The number of nitriles is 1. The Bertz CT molecular complexity index is 404. The summed E-state index contributed by atoms with van der Waals surface area (Å²) in [4.78, 5) is 0. The van der Waals surface area contributed by atoms with Gasteiger partial charge in [0.2, 0.25) is 0 Å². The van der Waals surface area contributed by atoms with E-state index in [0.29, 0.717) is 38.5 Å². The van der Waals surface area contributed by atoms with Crippen LogP contribution in [0.3, 0.4) is 0 Å². The van der Waals surface area contributed by atoms with Gasteiger partial charge in [0.1, 0.15) is 5.82 Å². The molecule has 5 heteroatoms. The van der Waals surface area contributed by atoms with Crippen molar-refractivity contribution in [2.75, 3.05) is 33.5 Å². The van der Waals surface area contributed by atoms with Crippen molar-refractivity contribution in [2.24, 2.45) is 0 Å². The molecule has 0 spiro atoms. The maximum absolute atomic E-state index is 13.1. The zero-order valence-corrected chi connectivity index (χ0v) is 10.4. The lowest BCUT2D eigenvalue weighted by Gasteiger charge is -2.06. The van der Waals surface area contributed by atoms with Crippen LogP contribution in [0.5, 0.6) is 0 Å². The average Bonchev–Trinajstić information content (AvgIpc) is 2.37. The second-order valence-corrected chi connectivity index (χ2v) is 3.74. The first-order valence-corrected chi connectivity index (χ1v) is 5.73. The first kappa shape index (κ1) is 14.6. The Morgan fingerprint density at radius 3 is 2.83 bits per heavy atom. The number of hydrogen-bond acceptors (Lipinski definition) is 4. The third kappa shape index (κ3) is 5.73. The zero-order chi connectivity index (χ0) is 13.2. The van der Waals surface area contributed by atoms with Crippen molar-refractivity contribution in [1.29, 1.82) is 5.26 Å². The van der Waals surface area contributed by atoms with Gasteiger partial charge in [-0.05, 0) is 23.8 Å². The molecule has 0 fully saturated rings. The fraction of sp³-hybridized carbons (Fsp3) is 0.462. The van der Waals surface area contributed by atoms with Gasteiger partial charge in [-0.25, -0.2) is 4.39 Å². The Morgan fingerprint density at radius 2 is 2.11 bits per heavy atom. The largest absolute Gasteiger partial charge is 0.382 e. The maximum atomic E-state index is 13.1. The highest BCUT2D eigenvalue weighted by Crippen LogP contribution is 2.08.